The average Bonchev–Trinajstić information content (AvgIpc) is 2.60. The number of hydrogen-bond donors (Lipinski definition) is 2. The standard InChI is InChI=1S/C8H12BrN3OS2/c1-14-3-2-5(10)7(13)12-8-11-4-6(9)15-8/h4-5H,2-3,10H2,1H3,(H,11,12,13)/t5-/m0/s1. The molecule has 0 saturated carbocycles. The summed E-state index contributed by atoms with van der Waals surface area (Å²) in [6.07, 6.45) is 4.32. The second-order valence-electron chi connectivity index (χ2n) is 2.85. The van der Waals surface area contributed by atoms with Gasteiger partial charge in [0.2, 0.25) is 5.91 Å². The molecule has 0 aliphatic heterocycles. The molecule has 1 atom stereocenters. The summed E-state index contributed by atoms with van der Waals surface area (Å²) < 4.78 is 0.885. The van der Waals surface area contributed by atoms with Crippen LogP contribution in [0.2, 0.25) is 0 Å². The van der Waals surface area contributed by atoms with E-state index >= 15 is 0 Å². The Morgan fingerprint density at radius 3 is 3.13 bits per heavy atom. The summed E-state index contributed by atoms with van der Waals surface area (Å²) in [4.78, 5) is 15.5. The van der Waals surface area contributed by atoms with Crippen LogP contribution in [-0.4, -0.2) is 28.9 Å². The van der Waals surface area contributed by atoms with Crippen molar-refractivity contribution < 1.29 is 4.79 Å². The second-order valence-corrected chi connectivity index (χ2v) is 6.24. The number of halogens is 1. The van der Waals surface area contributed by atoms with Crippen LogP contribution in [0.4, 0.5) is 5.13 Å². The maximum Gasteiger partial charge on any atom is 0.243 e. The average molecular weight is 310 g/mol. The molecule has 0 aliphatic rings. The molecule has 0 spiro atoms. The van der Waals surface area contributed by atoms with E-state index in [1.165, 1.54) is 11.3 Å². The third-order valence-corrected chi connectivity index (χ3v) is 3.71. The zero-order chi connectivity index (χ0) is 11.3. The maximum atomic E-state index is 11.5. The Morgan fingerprint density at radius 2 is 2.60 bits per heavy atom. The Hall–Kier alpha value is -0.110. The third-order valence-electron chi connectivity index (χ3n) is 1.68. The highest BCUT2D eigenvalue weighted by Gasteiger charge is 2.14. The summed E-state index contributed by atoms with van der Waals surface area (Å²) in [6, 6.07) is -0.458. The van der Waals surface area contributed by atoms with Gasteiger partial charge in [0.15, 0.2) is 5.13 Å². The minimum Gasteiger partial charge on any atom is -0.320 e. The number of anilines is 1. The molecule has 1 amide bonds. The summed E-state index contributed by atoms with van der Waals surface area (Å²) in [5, 5.41) is 3.25. The number of rotatable bonds is 5. The van der Waals surface area contributed by atoms with Crippen molar-refractivity contribution in [2.75, 3.05) is 17.3 Å². The number of amides is 1. The van der Waals surface area contributed by atoms with E-state index in [2.05, 4.69) is 26.2 Å². The van der Waals surface area contributed by atoms with Gasteiger partial charge in [-0.1, -0.05) is 11.3 Å². The summed E-state index contributed by atoms with van der Waals surface area (Å²) in [6.45, 7) is 0. The third kappa shape index (κ3) is 4.50. The lowest BCUT2D eigenvalue weighted by molar-refractivity contribution is -0.117. The van der Waals surface area contributed by atoms with Crippen LogP contribution in [-0.2, 0) is 4.79 Å². The molecule has 0 saturated heterocycles. The molecule has 1 rings (SSSR count). The van der Waals surface area contributed by atoms with Crippen molar-refractivity contribution in [3.8, 4) is 0 Å². The van der Waals surface area contributed by atoms with E-state index in [0.29, 0.717) is 11.6 Å². The zero-order valence-corrected chi connectivity index (χ0v) is 11.4. The van der Waals surface area contributed by atoms with E-state index in [1.54, 1.807) is 18.0 Å². The molecular weight excluding hydrogens is 298 g/mol. The number of hydrogen-bond acceptors (Lipinski definition) is 5. The summed E-state index contributed by atoms with van der Waals surface area (Å²) in [7, 11) is 0. The lowest BCUT2D eigenvalue weighted by Gasteiger charge is -2.09. The minimum absolute atomic E-state index is 0.175. The highest BCUT2D eigenvalue weighted by Crippen LogP contribution is 2.23. The number of nitrogens with one attached hydrogen (secondary N) is 1. The normalized spacial score (nSPS) is 12.5. The van der Waals surface area contributed by atoms with Gasteiger partial charge in [0.25, 0.3) is 0 Å². The van der Waals surface area contributed by atoms with Crippen molar-refractivity contribution in [2.24, 2.45) is 5.73 Å². The Kier molecular flexibility index (Phi) is 5.59. The van der Waals surface area contributed by atoms with Gasteiger partial charge >= 0.3 is 0 Å². The fourth-order valence-corrected chi connectivity index (χ4v) is 2.49. The molecule has 84 valence electrons. The van der Waals surface area contributed by atoms with Crippen molar-refractivity contribution in [1.82, 2.24) is 4.98 Å². The summed E-state index contributed by atoms with van der Waals surface area (Å²) >= 11 is 6.32. The maximum absolute atomic E-state index is 11.5. The predicted octanol–water partition coefficient (Wildman–Crippen LogP) is 1.92. The van der Waals surface area contributed by atoms with Crippen molar-refractivity contribution in [1.29, 1.82) is 0 Å². The number of carbonyl (C=O) groups excluding carboxylic acids is 1. The number of nitrogens with zero attached hydrogens (tertiary/aromatic N) is 1. The van der Waals surface area contributed by atoms with Crippen molar-refractivity contribution >= 4 is 50.1 Å². The van der Waals surface area contributed by atoms with Crippen LogP contribution >= 0.6 is 39.0 Å². The zero-order valence-electron chi connectivity index (χ0n) is 8.20. The van der Waals surface area contributed by atoms with Gasteiger partial charge in [0, 0.05) is 0 Å². The van der Waals surface area contributed by atoms with Crippen molar-refractivity contribution in [3.63, 3.8) is 0 Å². The van der Waals surface area contributed by atoms with Crippen LogP contribution in [0.15, 0.2) is 9.98 Å². The largest absolute Gasteiger partial charge is 0.320 e. The Morgan fingerprint density at radius 1 is 1.87 bits per heavy atom. The molecule has 1 aromatic heterocycles. The van der Waals surface area contributed by atoms with Crippen molar-refractivity contribution in [3.05, 3.63) is 9.98 Å². The molecule has 0 aliphatic carbocycles. The molecule has 1 aromatic rings. The number of aromatic nitrogens is 1. The topological polar surface area (TPSA) is 68.0 Å². The Labute approximate surface area is 105 Å². The van der Waals surface area contributed by atoms with E-state index in [9.17, 15) is 4.79 Å². The van der Waals surface area contributed by atoms with Crippen LogP contribution in [0.3, 0.4) is 0 Å². The number of carbonyl (C=O) groups is 1. The van der Waals surface area contributed by atoms with E-state index in [-0.39, 0.29) is 5.91 Å². The van der Waals surface area contributed by atoms with Crippen LogP contribution in [0.1, 0.15) is 6.42 Å². The molecule has 0 bridgehead atoms. The molecule has 0 unspecified atom stereocenters. The number of thiazole rings is 1. The molecule has 1 heterocycles. The smallest absolute Gasteiger partial charge is 0.243 e. The van der Waals surface area contributed by atoms with Crippen molar-refractivity contribution in [2.45, 2.75) is 12.5 Å². The van der Waals surface area contributed by atoms with Gasteiger partial charge in [0.1, 0.15) is 0 Å². The fourth-order valence-electron chi connectivity index (χ4n) is 0.886. The molecule has 15 heavy (non-hydrogen) atoms. The fraction of sp³-hybridized carbons (Fsp3) is 0.500. The molecule has 3 N–H and O–H groups in total. The molecule has 0 aromatic carbocycles. The highest BCUT2D eigenvalue weighted by atomic mass is 79.9. The lowest BCUT2D eigenvalue weighted by Crippen LogP contribution is -2.36. The SMILES string of the molecule is CSCC[C@H](N)C(=O)Nc1ncc(Br)s1. The predicted molar refractivity (Wildman–Crippen MR) is 69.4 cm³/mol. The van der Waals surface area contributed by atoms with Gasteiger partial charge < -0.3 is 11.1 Å². The quantitative estimate of drug-likeness (QED) is 0.872. The first-order chi connectivity index (χ1) is 7.13. The van der Waals surface area contributed by atoms with Crippen LogP contribution in [0, 0.1) is 0 Å². The van der Waals surface area contributed by atoms with E-state index in [0.717, 1.165) is 9.54 Å². The monoisotopic (exact) mass is 309 g/mol. The summed E-state index contributed by atoms with van der Waals surface area (Å²) in [5.74, 6) is 0.710. The number of nitrogens with two attached hydrogens (primary N) is 1. The minimum atomic E-state index is -0.458. The summed E-state index contributed by atoms with van der Waals surface area (Å²) in [5.41, 5.74) is 5.70. The van der Waals surface area contributed by atoms with Gasteiger partial charge in [-0.2, -0.15) is 11.8 Å². The first-order valence-corrected chi connectivity index (χ1v) is 7.30. The molecular formula is C8H12BrN3OS2. The van der Waals surface area contributed by atoms with E-state index < -0.39 is 6.04 Å². The first-order valence-electron chi connectivity index (χ1n) is 4.30. The van der Waals surface area contributed by atoms with Gasteiger partial charge in [-0.05, 0) is 34.4 Å². The Balaban J connectivity index is 2.41. The van der Waals surface area contributed by atoms with Gasteiger partial charge in [-0.3, -0.25) is 4.79 Å². The van der Waals surface area contributed by atoms with E-state index in [4.69, 9.17) is 5.73 Å². The van der Waals surface area contributed by atoms with Crippen LogP contribution < -0.4 is 11.1 Å². The molecule has 7 heteroatoms. The van der Waals surface area contributed by atoms with Crippen LogP contribution in [0.5, 0.6) is 0 Å². The Bertz CT molecular complexity index is 331. The highest BCUT2D eigenvalue weighted by molar-refractivity contribution is 9.11. The van der Waals surface area contributed by atoms with Gasteiger partial charge in [0.05, 0.1) is 16.0 Å². The van der Waals surface area contributed by atoms with Gasteiger partial charge in [-0.15, -0.1) is 0 Å². The lowest BCUT2D eigenvalue weighted by atomic mass is 10.2. The second kappa shape index (κ2) is 6.47. The first kappa shape index (κ1) is 13.0. The molecule has 0 fully saturated rings. The van der Waals surface area contributed by atoms with Gasteiger partial charge in [-0.25, -0.2) is 4.98 Å². The van der Waals surface area contributed by atoms with Crippen LogP contribution in [0.25, 0.3) is 0 Å². The van der Waals surface area contributed by atoms with E-state index in [1.807, 2.05) is 6.26 Å². The molecule has 0 radical (unpaired) electrons. The molecule has 4 nitrogen and oxygen atoms in total. The number of thioether (sulfide) groups is 1.